The van der Waals surface area contributed by atoms with E-state index in [1.54, 1.807) is 60.9 Å². The third-order valence-corrected chi connectivity index (χ3v) is 6.71. The monoisotopic (exact) mass is 432 g/mol. The van der Waals surface area contributed by atoms with Crippen molar-refractivity contribution in [2.45, 2.75) is 30.3 Å². The maximum Gasteiger partial charge on any atom is 0.285 e. The Morgan fingerprint density at radius 3 is 2.42 bits per heavy atom. The van der Waals surface area contributed by atoms with E-state index in [0.717, 1.165) is 18.4 Å². The Kier molecular flexibility index (Phi) is 4.78. The van der Waals surface area contributed by atoms with Crippen molar-refractivity contribution >= 4 is 27.5 Å². The van der Waals surface area contributed by atoms with Crippen LogP contribution in [0.4, 0.5) is 5.69 Å². The average molecular weight is 433 g/mol. The Labute approximate surface area is 180 Å². The summed E-state index contributed by atoms with van der Waals surface area (Å²) >= 11 is 0. The van der Waals surface area contributed by atoms with Crippen molar-refractivity contribution in [1.29, 1.82) is 0 Å². The first-order valence-corrected chi connectivity index (χ1v) is 11.5. The highest BCUT2D eigenvalue weighted by Crippen LogP contribution is 2.30. The maximum atomic E-state index is 13.1. The first-order chi connectivity index (χ1) is 15.0. The van der Waals surface area contributed by atoms with Crippen LogP contribution in [0.1, 0.15) is 34.3 Å². The van der Waals surface area contributed by atoms with Gasteiger partial charge in [0.05, 0.1) is 0 Å². The third kappa shape index (κ3) is 3.94. The van der Waals surface area contributed by atoms with Gasteiger partial charge in [0.2, 0.25) is 0 Å². The predicted octanol–water partition coefficient (Wildman–Crippen LogP) is 3.45. The highest BCUT2D eigenvalue weighted by molar-refractivity contribution is 7.90. The summed E-state index contributed by atoms with van der Waals surface area (Å²) in [6.07, 6.45) is 5.50. The molecule has 0 bridgehead atoms. The zero-order valence-corrected chi connectivity index (χ0v) is 17.4. The fourth-order valence-electron chi connectivity index (χ4n) is 3.63. The molecule has 7 nitrogen and oxygen atoms in total. The molecule has 1 aliphatic carbocycles. The number of aromatic nitrogens is 1. The second kappa shape index (κ2) is 7.63. The molecule has 1 aromatic heterocycles. The fourth-order valence-corrected chi connectivity index (χ4v) is 4.81. The van der Waals surface area contributed by atoms with Gasteiger partial charge in [0.1, 0.15) is 4.90 Å². The number of benzene rings is 2. The van der Waals surface area contributed by atoms with Gasteiger partial charge in [-0.25, -0.2) is 0 Å². The lowest BCUT2D eigenvalue weighted by Gasteiger charge is -2.22. The summed E-state index contributed by atoms with van der Waals surface area (Å²) in [6, 6.07) is 17.9. The molecule has 0 unspecified atom stereocenters. The number of pyridine rings is 1. The van der Waals surface area contributed by atoms with Crippen LogP contribution in [0.5, 0.6) is 0 Å². The van der Waals surface area contributed by atoms with Crippen LogP contribution in [0.2, 0.25) is 0 Å². The van der Waals surface area contributed by atoms with Crippen LogP contribution < -0.4 is 5.32 Å². The number of hydrogen-bond acceptors (Lipinski definition) is 5. The Balaban J connectivity index is 1.34. The summed E-state index contributed by atoms with van der Waals surface area (Å²) < 4.78 is 28.3. The summed E-state index contributed by atoms with van der Waals surface area (Å²) in [5, 5.41) is 3.06. The smallest absolute Gasteiger partial charge is 0.285 e. The lowest BCUT2D eigenvalue weighted by Crippen LogP contribution is -2.32. The molecular formula is C23H20N4O3S. The number of rotatable bonds is 5. The molecule has 1 amide bonds. The maximum absolute atomic E-state index is 13.1. The van der Waals surface area contributed by atoms with Gasteiger partial charge < -0.3 is 10.2 Å². The molecule has 156 valence electrons. The normalized spacial score (nSPS) is 16.3. The molecule has 2 aliphatic rings. The summed E-state index contributed by atoms with van der Waals surface area (Å²) in [6.45, 7) is 0.553. The predicted molar refractivity (Wildman–Crippen MR) is 117 cm³/mol. The number of hydrogen-bond donors (Lipinski definition) is 1. The van der Waals surface area contributed by atoms with Gasteiger partial charge in [0.15, 0.2) is 5.84 Å². The molecule has 0 spiro atoms. The number of nitrogens with zero attached hydrogens (tertiary/aromatic N) is 3. The molecule has 5 rings (SSSR count). The van der Waals surface area contributed by atoms with Gasteiger partial charge in [-0.15, -0.1) is 4.40 Å². The van der Waals surface area contributed by atoms with Crippen molar-refractivity contribution in [3.8, 4) is 0 Å². The molecule has 2 heterocycles. The van der Waals surface area contributed by atoms with Crippen LogP contribution >= 0.6 is 0 Å². The summed E-state index contributed by atoms with van der Waals surface area (Å²) in [7, 11) is -3.68. The van der Waals surface area contributed by atoms with Crippen molar-refractivity contribution in [2.24, 2.45) is 4.40 Å². The van der Waals surface area contributed by atoms with Crippen molar-refractivity contribution in [3.63, 3.8) is 0 Å². The highest BCUT2D eigenvalue weighted by Gasteiger charge is 2.33. The number of carbonyl (C=O) groups excluding carboxylic acids is 1. The topological polar surface area (TPSA) is 91.7 Å². The lowest BCUT2D eigenvalue weighted by atomic mass is 10.1. The SMILES string of the molecule is O=C(c1ccc(NC2=NS(=O)(=O)c3ccccc32)cc1)N(Cc1ccncc1)C1CC1. The van der Waals surface area contributed by atoms with Gasteiger partial charge in [-0.3, -0.25) is 9.78 Å². The minimum Gasteiger partial charge on any atom is -0.339 e. The number of amides is 1. The minimum absolute atomic E-state index is 0.0167. The Hall–Kier alpha value is -3.52. The van der Waals surface area contributed by atoms with E-state index in [1.807, 2.05) is 17.0 Å². The lowest BCUT2D eigenvalue weighted by molar-refractivity contribution is 0.0730. The molecule has 8 heteroatoms. The quantitative estimate of drug-likeness (QED) is 0.667. The standard InChI is InChI=1S/C23H20N4O3S/c28-23(27(19-9-10-19)15-16-11-13-24-14-12-16)17-5-7-18(8-6-17)25-22-20-3-1-2-4-21(20)31(29,30)26-22/h1-8,11-14,19H,9-10,15H2,(H,25,26). The second-order valence-electron chi connectivity index (χ2n) is 7.63. The van der Waals surface area contributed by atoms with Gasteiger partial charge in [-0.2, -0.15) is 8.42 Å². The highest BCUT2D eigenvalue weighted by atomic mass is 32.2. The number of anilines is 1. The number of amidine groups is 1. The summed E-state index contributed by atoms with van der Waals surface area (Å²) in [4.78, 5) is 19.3. The van der Waals surface area contributed by atoms with Gasteiger partial charge >= 0.3 is 0 Å². The van der Waals surface area contributed by atoms with E-state index in [1.165, 1.54) is 0 Å². The van der Waals surface area contributed by atoms with Crippen LogP contribution in [0, 0.1) is 0 Å². The Bertz CT molecular complexity index is 1270. The van der Waals surface area contributed by atoms with Crippen LogP contribution in [-0.2, 0) is 16.6 Å². The summed E-state index contributed by atoms with van der Waals surface area (Å²) in [5.41, 5.74) is 2.84. The molecule has 1 fully saturated rings. The van der Waals surface area contributed by atoms with Crippen LogP contribution in [0.3, 0.4) is 0 Å². The van der Waals surface area contributed by atoms with Crippen LogP contribution in [0.25, 0.3) is 0 Å². The molecule has 3 aromatic rings. The van der Waals surface area contributed by atoms with Crippen molar-refractivity contribution < 1.29 is 13.2 Å². The van der Waals surface area contributed by atoms with E-state index in [4.69, 9.17) is 0 Å². The molecule has 1 saturated carbocycles. The molecular weight excluding hydrogens is 412 g/mol. The second-order valence-corrected chi connectivity index (χ2v) is 9.21. The zero-order chi connectivity index (χ0) is 21.4. The average Bonchev–Trinajstić information content (AvgIpc) is 3.59. The van der Waals surface area contributed by atoms with Gasteiger partial charge in [-0.05, 0) is 66.9 Å². The molecule has 2 aromatic carbocycles. The third-order valence-electron chi connectivity index (χ3n) is 5.38. The number of sulfonamides is 1. The van der Waals surface area contributed by atoms with E-state index in [0.29, 0.717) is 23.4 Å². The van der Waals surface area contributed by atoms with E-state index in [2.05, 4.69) is 14.7 Å². The Morgan fingerprint density at radius 1 is 1.00 bits per heavy atom. The first-order valence-electron chi connectivity index (χ1n) is 10.0. The summed E-state index contributed by atoms with van der Waals surface area (Å²) in [5.74, 6) is 0.268. The van der Waals surface area contributed by atoms with Crippen molar-refractivity contribution in [1.82, 2.24) is 9.88 Å². The van der Waals surface area contributed by atoms with E-state index < -0.39 is 10.0 Å². The van der Waals surface area contributed by atoms with E-state index in [-0.39, 0.29) is 22.7 Å². The molecule has 0 radical (unpaired) electrons. The molecule has 0 saturated heterocycles. The van der Waals surface area contributed by atoms with Crippen LogP contribution in [-0.4, -0.2) is 36.1 Å². The first kappa shape index (κ1) is 19.4. The molecule has 31 heavy (non-hydrogen) atoms. The van der Waals surface area contributed by atoms with Gasteiger partial charge in [0, 0.05) is 41.8 Å². The van der Waals surface area contributed by atoms with Gasteiger partial charge in [-0.1, -0.05) is 12.1 Å². The zero-order valence-electron chi connectivity index (χ0n) is 16.6. The largest absolute Gasteiger partial charge is 0.339 e. The molecule has 0 atom stereocenters. The molecule has 1 aliphatic heterocycles. The number of fused-ring (bicyclic) bond motifs is 1. The molecule has 1 N–H and O–H groups in total. The van der Waals surface area contributed by atoms with Crippen LogP contribution in [0.15, 0.2) is 82.4 Å². The number of carbonyl (C=O) groups is 1. The van der Waals surface area contributed by atoms with E-state index >= 15 is 0 Å². The van der Waals surface area contributed by atoms with Crippen molar-refractivity contribution in [2.75, 3.05) is 5.32 Å². The number of nitrogens with one attached hydrogen (secondary N) is 1. The van der Waals surface area contributed by atoms with E-state index in [9.17, 15) is 13.2 Å². The fraction of sp³-hybridized carbons (Fsp3) is 0.174. The van der Waals surface area contributed by atoms with Crippen molar-refractivity contribution in [3.05, 3.63) is 89.7 Å². The Morgan fingerprint density at radius 2 is 1.71 bits per heavy atom. The minimum atomic E-state index is -3.68. The van der Waals surface area contributed by atoms with Gasteiger partial charge in [0.25, 0.3) is 15.9 Å².